The quantitative estimate of drug-likeness (QED) is 0.677. The highest BCUT2D eigenvalue weighted by Crippen LogP contribution is 2.25. The molecule has 0 aliphatic carbocycles. The van der Waals surface area contributed by atoms with Gasteiger partial charge in [-0.1, -0.05) is 29.8 Å². The number of aliphatic hydroxyl groups excluding tert-OH is 1. The van der Waals surface area contributed by atoms with Crippen LogP contribution in [0.4, 0.5) is 4.39 Å². The van der Waals surface area contributed by atoms with Gasteiger partial charge >= 0.3 is 0 Å². The number of benzene rings is 2. The van der Waals surface area contributed by atoms with Gasteiger partial charge in [0.25, 0.3) is 0 Å². The van der Waals surface area contributed by atoms with E-state index in [-0.39, 0.29) is 11.9 Å². The zero-order valence-corrected chi connectivity index (χ0v) is 16.6. The lowest BCUT2D eigenvalue weighted by molar-refractivity contribution is 0.0651. The number of hydrogen-bond donors (Lipinski definition) is 1. The summed E-state index contributed by atoms with van der Waals surface area (Å²) < 4.78 is 18.6. The second-order valence-corrected chi connectivity index (χ2v) is 7.61. The van der Waals surface area contributed by atoms with E-state index in [0.717, 1.165) is 37.2 Å². The Labute approximate surface area is 168 Å². The standard InChI is InChI=1S/C21H23FN4OS/c1-15-6-8-16(9-7-15)26-20(18-4-2-3-5-19(18)22)23-25(21(26)28)14-24-12-10-17(27)11-13-24/h2-9,17,27H,10-14H2,1H3. The number of nitrogens with zero attached hydrogens (tertiary/aromatic N) is 4. The largest absolute Gasteiger partial charge is 0.393 e. The SMILES string of the molecule is Cc1ccc(-n2c(-c3ccccc3F)nn(CN3CCC(O)CC3)c2=S)cc1. The van der Waals surface area contributed by atoms with Crippen LogP contribution in [-0.4, -0.2) is 43.5 Å². The van der Waals surface area contributed by atoms with E-state index < -0.39 is 0 Å². The lowest BCUT2D eigenvalue weighted by atomic mass is 10.1. The fourth-order valence-electron chi connectivity index (χ4n) is 3.49. The monoisotopic (exact) mass is 398 g/mol. The van der Waals surface area contributed by atoms with Crippen LogP contribution in [0.15, 0.2) is 48.5 Å². The summed E-state index contributed by atoms with van der Waals surface area (Å²) in [4.78, 5) is 2.21. The van der Waals surface area contributed by atoms with Crippen molar-refractivity contribution in [3.63, 3.8) is 0 Å². The zero-order chi connectivity index (χ0) is 19.7. The zero-order valence-electron chi connectivity index (χ0n) is 15.8. The minimum atomic E-state index is -0.330. The van der Waals surface area contributed by atoms with E-state index in [1.807, 2.05) is 35.8 Å². The van der Waals surface area contributed by atoms with Gasteiger partial charge in [-0.3, -0.25) is 9.47 Å². The van der Waals surface area contributed by atoms with Gasteiger partial charge in [-0.2, -0.15) is 0 Å². The predicted octanol–water partition coefficient (Wildman–Crippen LogP) is 3.93. The summed E-state index contributed by atoms with van der Waals surface area (Å²) in [5, 5.41) is 14.4. The maximum absolute atomic E-state index is 14.5. The Morgan fingerprint density at radius 2 is 1.79 bits per heavy atom. The summed E-state index contributed by atoms with van der Waals surface area (Å²) >= 11 is 5.73. The van der Waals surface area contributed by atoms with Gasteiger partial charge in [0.15, 0.2) is 5.82 Å². The molecule has 1 N–H and O–H groups in total. The number of hydrogen-bond acceptors (Lipinski definition) is 4. The molecule has 0 amide bonds. The number of aliphatic hydroxyl groups is 1. The Kier molecular flexibility index (Phi) is 5.39. The van der Waals surface area contributed by atoms with Gasteiger partial charge < -0.3 is 5.11 Å². The maximum atomic E-state index is 14.5. The second-order valence-electron chi connectivity index (χ2n) is 7.25. The van der Waals surface area contributed by atoms with Gasteiger partial charge in [0, 0.05) is 18.8 Å². The van der Waals surface area contributed by atoms with E-state index >= 15 is 0 Å². The third kappa shape index (κ3) is 3.78. The lowest BCUT2D eigenvalue weighted by Crippen LogP contribution is -2.37. The summed E-state index contributed by atoms with van der Waals surface area (Å²) in [5.74, 6) is 0.160. The summed E-state index contributed by atoms with van der Waals surface area (Å²) in [7, 11) is 0. The van der Waals surface area contributed by atoms with Crippen molar-refractivity contribution in [2.45, 2.75) is 32.5 Å². The Bertz CT molecular complexity index is 1020. The molecule has 2 aromatic carbocycles. The van der Waals surface area contributed by atoms with Crippen molar-refractivity contribution in [3.05, 3.63) is 64.7 Å². The first-order chi connectivity index (χ1) is 13.5. The van der Waals surface area contributed by atoms with Gasteiger partial charge in [-0.05, 0) is 56.2 Å². The molecule has 0 radical (unpaired) electrons. The number of rotatable bonds is 4. The third-order valence-electron chi connectivity index (χ3n) is 5.14. The number of piperidine rings is 1. The minimum absolute atomic E-state index is 0.233. The van der Waals surface area contributed by atoms with Crippen LogP contribution in [0.1, 0.15) is 18.4 Å². The van der Waals surface area contributed by atoms with Crippen LogP contribution in [0.3, 0.4) is 0 Å². The summed E-state index contributed by atoms with van der Waals surface area (Å²) in [6, 6.07) is 14.6. The average molecular weight is 399 g/mol. The van der Waals surface area contributed by atoms with Crippen LogP contribution in [0.25, 0.3) is 17.1 Å². The van der Waals surface area contributed by atoms with Gasteiger partial charge in [0.2, 0.25) is 4.77 Å². The van der Waals surface area contributed by atoms with E-state index in [4.69, 9.17) is 12.2 Å². The van der Waals surface area contributed by atoms with Crippen LogP contribution in [0.2, 0.25) is 0 Å². The predicted molar refractivity (Wildman–Crippen MR) is 109 cm³/mol. The third-order valence-corrected chi connectivity index (χ3v) is 5.53. The summed E-state index contributed by atoms with van der Waals surface area (Å²) in [6.45, 7) is 4.12. The van der Waals surface area contributed by atoms with Crippen LogP contribution in [-0.2, 0) is 6.67 Å². The fraction of sp³-hybridized carbons (Fsp3) is 0.333. The van der Waals surface area contributed by atoms with Crippen molar-refractivity contribution in [2.24, 2.45) is 0 Å². The Morgan fingerprint density at radius 3 is 2.46 bits per heavy atom. The average Bonchev–Trinajstić information content (AvgIpc) is 3.01. The molecule has 0 atom stereocenters. The first-order valence-corrected chi connectivity index (χ1v) is 9.86. The molecule has 1 aliphatic rings. The first-order valence-electron chi connectivity index (χ1n) is 9.45. The van der Waals surface area contributed by atoms with E-state index in [0.29, 0.717) is 22.8 Å². The Hall–Kier alpha value is -2.35. The minimum Gasteiger partial charge on any atom is -0.393 e. The molecule has 1 saturated heterocycles. The molecule has 28 heavy (non-hydrogen) atoms. The van der Waals surface area contributed by atoms with Crippen molar-refractivity contribution in [3.8, 4) is 17.1 Å². The molecule has 0 unspecified atom stereocenters. The summed E-state index contributed by atoms with van der Waals surface area (Å²) in [5.41, 5.74) is 2.41. The molecule has 0 spiro atoms. The molecule has 3 aromatic rings. The molecule has 146 valence electrons. The van der Waals surface area contributed by atoms with E-state index in [9.17, 15) is 9.50 Å². The van der Waals surface area contributed by atoms with Crippen molar-refractivity contribution in [1.82, 2.24) is 19.2 Å². The van der Waals surface area contributed by atoms with Crippen LogP contribution < -0.4 is 0 Å². The molecule has 5 nitrogen and oxygen atoms in total. The molecular formula is C21H23FN4OS. The van der Waals surface area contributed by atoms with Crippen LogP contribution in [0.5, 0.6) is 0 Å². The van der Waals surface area contributed by atoms with Crippen molar-refractivity contribution >= 4 is 12.2 Å². The van der Waals surface area contributed by atoms with Crippen LogP contribution >= 0.6 is 12.2 Å². The van der Waals surface area contributed by atoms with E-state index in [2.05, 4.69) is 10.00 Å². The number of aryl methyl sites for hydroxylation is 1. The van der Waals surface area contributed by atoms with Gasteiger partial charge in [-0.25, -0.2) is 9.07 Å². The second kappa shape index (κ2) is 7.95. The molecule has 0 bridgehead atoms. The number of aromatic nitrogens is 3. The highest BCUT2D eigenvalue weighted by atomic mass is 32.1. The van der Waals surface area contributed by atoms with Gasteiger partial charge in [0.1, 0.15) is 5.82 Å². The van der Waals surface area contributed by atoms with Gasteiger partial charge in [0.05, 0.1) is 18.3 Å². The Morgan fingerprint density at radius 1 is 1.11 bits per heavy atom. The molecular weight excluding hydrogens is 375 g/mol. The van der Waals surface area contributed by atoms with E-state index in [1.165, 1.54) is 6.07 Å². The number of likely N-dealkylation sites (tertiary alicyclic amines) is 1. The smallest absolute Gasteiger partial charge is 0.204 e. The van der Waals surface area contributed by atoms with Crippen LogP contribution in [0, 0.1) is 17.5 Å². The fourth-order valence-corrected chi connectivity index (χ4v) is 3.78. The molecule has 2 heterocycles. The molecule has 7 heteroatoms. The highest BCUT2D eigenvalue weighted by molar-refractivity contribution is 7.71. The maximum Gasteiger partial charge on any atom is 0.204 e. The highest BCUT2D eigenvalue weighted by Gasteiger charge is 2.21. The van der Waals surface area contributed by atoms with Crippen molar-refractivity contribution in [2.75, 3.05) is 13.1 Å². The summed E-state index contributed by atoms with van der Waals surface area (Å²) in [6.07, 6.45) is 1.25. The van der Waals surface area contributed by atoms with Crippen molar-refractivity contribution in [1.29, 1.82) is 0 Å². The topological polar surface area (TPSA) is 46.2 Å². The van der Waals surface area contributed by atoms with Crippen molar-refractivity contribution < 1.29 is 9.50 Å². The molecule has 1 fully saturated rings. The van der Waals surface area contributed by atoms with E-state index in [1.54, 1.807) is 22.9 Å². The first kappa shape index (κ1) is 19.0. The lowest BCUT2D eigenvalue weighted by Gasteiger charge is -2.28. The Balaban J connectivity index is 1.79. The molecule has 0 saturated carbocycles. The number of halogens is 1. The molecule has 1 aromatic heterocycles. The molecule has 4 rings (SSSR count). The van der Waals surface area contributed by atoms with Gasteiger partial charge in [-0.15, -0.1) is 5.10 Å². The molecule has 1 aliphatic heterocycles. The normalized spacial score (nSPS) is 15.8.